The lowest BCUT2D eigenvalue weighted by atomic mass is 9.78. The third kappa shape index (κ3) is 14.8. The molecule has 4 rings (SSSR count). The molecule has 0 aromatic heterocycles. The molecule has 4 N–H and O–H groups in total. The largest absolute Gasteiger partial charge is 0.460 e. The number of fused-ring (bicyclic) bond motifs is 3. The third-order valence-electron chi connectivity index (χ3n) is 14.0. The molecule has 1 aliphatic carbocycles. The Kier molecular flexibility index (Phi) is 19.6. The van der Waals surface area contributed by atoms with Crippen molar-refractivity contribution >= 4 is 23.4 Å². The molecule has 2 saturated heterocycles. The normalized spacial score (nSPS) is 41.0. The van der Waals surface area contributed by atoms with Gasteiger partial charge in [-0.1, -0.05) is 71.1 Å². The van der Waals surface area contributed by atoms with E-state index in [4.69, 9.17) is 14.2 Å². The summed E-state index contributed by atoms with van der Waals surface area (Å²) in [5.41, 5.74) is 1.49. The predicted molar refractivity (Wildman–Crippen MR) is 234 cm³/mol. The first-order chi connectivity index (χ1) is 28.8. The van der Waals surface area contributed by atoms with Crippen molar-refractivity contribution in [2.75, 3.05) is 13.7 Å². The molecule has 3 heterocycles. The highest BCUT2D eigenvalue weighted by atomic mass is 16.6. The second-order valence-corrected chi connectivity index (χ2v) is 19.2. The van der Waals surface area contributed by atoms with Crippen LogP contribution in [0.4, 0.5) is 0 Å². The number of carbonyl (C=O) groups is 4. The Morgan fingerprint density at radius 3 is 2.30 bits per heavy atom. The van der Waals surface area contributed by atoms with Gasteiger partial charge in [-0.2, -0.15) is 0 Å². The monoisotopic (exact) mass is 856 g/mol. The first-order valence-electron chi connectivity index (χ1n) is 23.0. The summed E-state index contributed by atoms with van der Waals surface area (Å²) in [6.07, 6.45) is 13.1. The Morgan fingerprint density at radius 1 is 0.852 bits per heavy atom. The number of hydrogen-bond acceptors (Lipinski definition) is 11. The van der Waals surface area contributed by atoms with Crippen molar-refractivity contribution in [3.8, 4) is 0 Å². The van der Waals surface area contributed by atoms with Gasteiger partial charge in [0.05, 0.1) is 36.9 Å². The van der Waals surface area contributed by atoms with Crippen LogP contribution in [0.3, 0.4) is 0 Å². The van der Waals surface area contributed by atoms with E-state index in [1.165, 1.54) is 4.90 Å². The quantitative estimate of drug-likeness (QED) is 0.174. The van der Waals surface area contributed by atoms with E-state index in [-0.39, 0.29) is 72.6 Å². The fourth-order valence-corrected chi connectivity index (χ4v) is 9.64. The van der Waals surface area contributed by atoms with Crippen molar-refractivity contribution in [2.45, 2.75) is 187 Å². The van der Waals surface area contributed by atoms with Gasteiger partial charge in [0.15, 0.2) is 5.79 Å². The summed E-state index contributed by atoms with van der Waals surface area (Å²) in [5.74, 6) is -4.41. The number of aliphatic hydroxyl groups is 4. The van der Waals surface area contributed by atoms with E-state index in [0.29, 0.717) is 82.7 Å². The molecule has 0 aromatic carbocycles. The number of ether oxygens (including phenoxy) is 3. The number of aliphatic hydroxyl groups excluding tert-OH is 3. The van der Waals surface area contributed by atoms with Gasteiger partial charge in [0, 0.05) is 50.7 Å². The number of allylic oxidation sites excluding steroid dienone is 6. The summed E-state index contributed by atoms with van der Waals surface area (Å²) in [4.78, 5) is 57.1. The van der Waals surface area contributed by atoms with Crippen molar-refractivity contribution in [3.05, 3.63) is 47.6 Å². The van der Waals surface area contributed by atoms with Crippen LogP contribution in [-0.4, -0.2) is 111 Å². The van der Waals surface area contributed by atoms with Gasteiger partial charge in [0.2, 0.25) is 5.91 Å². The van der Waals surface area contributed by atoms with E-state index < -0.39 is 54.0 Å². The van der Waals surface area contributed by atoms with Crippen LogP contribution in [0.25, 0.3) is 0 Å². The molecule has 1 amide bonds. The van der Waals surface area contributed by atoms with Crippen LogP contribution in [-0.2, 0) is 33.4 Å². The van der Waals surface area contributed by atoms with Crippen LogP contribution >= 0.6 is 0 Å². The fraction of sp³-hybridized carbons (Fsp3) is 0.755. The average Bonchev–Trinajstić information content (AvgIpc) is 3.21. The number of esters is 1. The SMILES string of the molecule is CO[C@H]1C[C@@H]2CC[C@@H](C)[C@](O)(CC(=O)N3CCCC[C@H]3C(=O)O[C@H]([C@H](C)CC3CC[C@H](O)[C@@H](O)C3)CC(=O)[C@H](C)/C=C(\C)[C@@H](O)CC(=O)[C@H](C)C[C@H](C)\C=C/C=C/C=C/1C)O2. The van der Waals surface area contributed by atoms with E-state index in [2.05, 4.69) is 0 Å². The highest BCUT2D eigenvalue weighted by Crippen LogP contribution is 2.38. The molecule has 0 spiro atoms. The lowest BCUT2D eigenvalue weighted by molar-refractivity contribution is -0.284. The molecule has 61 heavy (non-hydrogen) atoms. The summed E-state index contributed by atoms with van der Waals surface area (Å²) in [5, 5.41) is 43.6. The van der Waals surface area contributed by atoms with Crippen LogP contribution in [0.15, 0.2) is 47.6 Å². The van der Waals surface area contributed by atoms with E-state index in [0.717, 1.165) is 5.57 Å². The van der Waals surface area contributed by atoms with Crippen molar-refractivity contribution < 1.29 is 53.8 Å². The van der Waals surface area contributed by atoms with Gasteiger partial charge in [0.1, 0.15) is 23.7 Å². The van der Waals surface area contributed by atoms with Gasteiger partial charge in [-0.15, -0.1) is 0 Å². The van der Waals surface area contributed by atoms with Crippen LogP contribution in [0.5, 0.6) is 0 Å². The van der Waals surface area contributed by atoms with Crippen LogP contribution in [0, 0.1) is 35.5 Å². The number of carbonyl (C=O) groups excluding carboxylic acids is 4. The summed E-state index contributed by atoms with van der Waals surface area (Å²) in [7, 11) is 1.64. The Hall–Kier alpha value is -3.00. The van der Waals surface area contributed by atoms with E-state index >= 15 is 0 Å². The average molecular weight is 856 g/mol. The zero-order valence-electron chi connectivity index (χ0n) is 38.2. The Morgan fingerprint density at radius 2 is 1.59 bits per heavy atom. The number of Topliss-reactive ketones (excluding diaryl/α,β-unsaturated/α-hetero) is 2. The maximum Gasteiger partial charge on any atom is 0.329 e. The Labute approximate surface area is 364 Å². The van der Waals surface area contributed by atoms with E-state index in [1.807, 2.05) is 65.0 Å². The van der Waals surface area contributed by atoms with Gasteiger partial charge in [-0.3, -0.25) is 14.4 Å². The maximum atomic E-state index is 14.2. The molecular weight excluding hydrogens is 779 g/mol. The zero-order chi connectivity index (χ0) is 45.0. The van der Waals surface area contributed by atoms with Crippen molar-refractivity contribution in [2.24, 2.45) is 35.5 Å². The number of amides is 1. The smallest absolute Gasteiger partial charge is 0.329 e. The standard InChI is InChI=1S/C49H77NO11/c1-30-14-10-9-11-15-31(2)45(59-8)26-38-19-17-36(7)49(58,61-38)29-47(56)50-21-13-12-16-39(50)48(57)60-46(35(6)24-37-18-20-40(51)44(55)25-37)28-43(54)34(5)23-33(4)42(53)27-41(52)32(3)22-30/h9-11,14-15,23,30,32,34-40,42,44-46,51,53,55,58H,12-13,16-22,24-29H2,1-8H3/b11-9+,14-10-,31-15+,33-23+/t30-,32-,34-,35-,36-,37?,38+,39+,40+,42+,44+,45+,46+,49+/m1/s1. The molecule has 3 aliphatic heterocycles. The molecule has 344 valence electrons. The number of ketones is 2. The molecule has 12 nitrogen and oxygen atoms in total. The molecule has 1 saturated carbocycles. The van der Waals surface area contributed by atoms with Crippen molar-refractivity contribution in [3.63, 3.8) is 0 Å². The highest BCUT2D eigenvalue weighted by Gasteiger charge is 2.46. The number of methoxy groups -OCH3 is 1. The van der Waals surface area contributed by atoms with Gasteiger partial charge < -0.3 is 39.5 Å². The molecular formula is C49H77NO11. The molecule has 1 unspecified atom stereocenters. The van der Waals surface area contributed by atoms with Gasteiger partial charge in [-0.05, 0) is 107 Å². The van der Waals surface area contributed by atoms with Crippen LogP contribution < -0.4 is 0 Å². The Balaban J connectivity index is 1.63. The van der Waals surface area contributed by atoms with E-state index in [9.17, 15) is 39.6 Å². The van der Waals surface area contributed by atoms with Crippen LogP contribution in [0.1, 0.15) is 138 Å². The van der Waals surface area contributed by atoms with Gasteiger partial charge in [-0.25, -0.2) is 4.79 Å². The topological polar surface area (TPSA) is 180 Å². The minimum atomic E-state index is -1.75. The molecule has 3 fully saturated rings. The predicted octanol–water partition coefficient (Wildman–Crippen LogP) is 6.72. The third-order valence-corrected chi connectivity index (χ3v) is 14.0. The minimum absolute atomic E-state index is 0.0520. The molecule has 2 bridgehead atoms. The number of piperidine rings is 1. The lowest BCUT2D eigenvalue weighted by Gasteiger charge is -2.44. The number of hydrogen-bond donors (Lipinski definition) is 4. The molecule has 14 atom stereocenters. The number of rotatable bonds is 4. The van der Waals surface area contributed by atoms with Crippen molar-refractivity contribution in [1.29, 1.82) is 0 Å². The minimum Gasteiger partial charge on any atom is -0.460 e. The van der Waals surface area contributed by atoms with Gasteiger partial charge >= 0.3 is 5.97 Å². The summed E-state index contributed by atoms with van der Waals surface area (Å²) < 4.78 is 18.5. The number of nitrogens with zero attached hydrogens (tertiary/aromatic N) is 1. The second kappa shape index (κ2) is 23.6. The summed E-state index contributed by atoms with van der Waals surface area (Å²) in [6.45, 7) is 13.5. The van der Waals surface area contributed by atoms with Crippen molar-refractivity contribution in [1.82, 2.24) is 4.90 Å². The maximum absolute atomic E-state index is 14.2. The highest BCUT2D eigenvalue weighted by molar-refractivity contribution is 5.86. The molecule has 0 aromatic rings. The first-order valence-corrected chi connectivity index (χ1v) is 23.0. The van der Waals surface area contributed by atoms with Gasteiger partial charge in [0.25, 0.3) is 0 Å². The summed E-state index contributed by atoms with van der Waals surface area (Å²) in [6, 6.07) is -0.904. The summed E-state index contributed by atoms with van der Waals surface area (Å²) >= 11 is 0. The van der Waals surface area contributed by atoms with Crippen LogP contribution in [0.2, 0.25) is 0 Å². The zero-order valence-corrected chi connectivity index (χ0v) is 38.2. The first kappa shape index (κ1) is 50.6. The number of cyclic esters (lactones) is 1. The molecule has 12 heteroatoms. The lowest BCUT2D eigenvalue weighted by Crippen LogP contribution is -2.55. The molecule has 0 radical (unpaired) electrons. The van der Waals surface area contributed by atoms with E-state index in [1.54, 1.807) is 27.0 Å². The Bertz CT molecular complexity index is 1600. The second-order valence-electron chi connectivity index (χ2n) is 19.2. The molecule has 4 aliphatic rings. The fourth-order valence-electron chi connectivity index (χ4n) is 9.64.